The summed E-state index contributed by atoms with van der Waals surface area (Å²) in [5, 5.41) is 5.18. The molecule has 0 aliphatic heterocycles. The first-order valence-electron chi connectivity index (χ1n) is 6.36. The van der Waals surface area contributed by atoms with Crippen LogP contribution in [0.1, 0.15) is 29.4 Å². The molecule has 1 atom stereocenters. The third-order valence-corrected chi connectivity index (χ3v) is 4.21. The zero-order chi connectivity index (χ0) is 13.8. The number of thiophene rings is 1. The fraction of sp³-hybridized carbons (Fsp3) is 0.429. The van der Waals surface area contributed by atoms with E-state index in [4.69, 9.17) is 0 Å². The first kappa shape index (κ1) is 14.0. The van der Waals surface area contributed by atoms with E-state index in [1.54, 1.807) is 11.3 Å². The highest BCUT2D eigenvalue weighted by atomic mass is 32.1. The van der Waals surface area contributed by atoms with Crippen LogP contribution >= 0.6 is 11.3 Å². The van der Waals surface area contributed by atoms with Crippen LogP contribution in [-0.4, -0.2) is 29.0 Å². The van der Waals surface area contributed by atoms with Crippen LogP contribution in [0.15, 0.2) is 23.6 Å². The molecule has 2 aromatic heterocycles. The molecule has 1 unspecified atom stereocenters. The van der Waals surface area contributed by atoms with E-state index in [-0.39, 0.29) is 0 Å². The Labute approximate surface area is 118 Å². The molecule has 0 aliphatic rings. The Kier molecular flexibility index (Phi) is 4.50. The Morgan fingerprint density at radius 2 is 2.21 bits per heavy atom. The summed E-state index contributed by atoms with van der Waals surface area (Å²) in [4.78, 5) is 12.6. The lowest BCUT2D eigenvalue weighted by Crippen LogP contribution is -2.22. The van der Waals surface area contributed by atoms with E-state index < -0.39 is 0 Å². The van der Waals surface area contributed by atoms with Crippen molar-refractivity contribution < 1.29 is 0 Å². The molecule has 2 heterocycles. The molecule has 0 aromatic carbocycles. The molecule has 0 spiro atoms. The van der Waals surface area contributed by atoms with E-state index in [2.05, 4.69) is 51.7 Å². The first-order chi connectivity index (χ1) is 9.10. The second kappa shape index (κ2) is 6.12. The lowest BCUT2D eigenvalue weighted by molar-refractivity contribution is 0.250. The fourth-order valence-corrected chi connectivity index (χ4v) is 2.78. The first-order valence-corrected chi connectivity index (χ1v) is 7.24. The minimum Gasteiger partial charge on any atom is -0.373 e. The van der Waals surface area contributed by atoms with Gasteiger partial charge < -0.3 is 5.32 Å². The number of anilines is 1. The van der Waals surface area contributed by atoms with Crippen molar-refractivity contribution in [3.8, 4) is 0 Å². The lowest BCUT2D eigenvalue weighted by atomic mass is 10.2. The van der Waals surface area contributed by atoms with Crippen molar-refractivity contribution >= 4 is 17.2 Å². The number of nitrogens with one attached hydrogen (secondary N) is 1. The lowest BCUT2D eigenvalue weighted by Gasteiger charge is -2.23. The van der Waals surface area contributed by atoms with Gasteiger partial charge in [-0.05, 0) is 32.3 Å². The second-order valence-electron chi connectivity index (χ2n) is 4.67. The van der Waals surface area contributed by atoms with E-state index in [0.717, 1.165) is 23.9 Å². The SMILES string of the molecule is CNc1cc(C)nc(CN(C)C(C)c2cccs2)n1. The highest BCUT2D eigenvalue weighted by Crippen LogP contribution is 2.24. The number of aromatic nitrogens is 2. The molecule has 19 heavy (non-hydrogen) atoms. The van der Waals surface area contributed by atoms with Gasteiger partial charge in [0.05, 0.1) is 6.54 Å². The van der Waals surface area contributed by atoms with E-state index in [1.807, 2.05) is 20.0 Å². The van der Waals surface area contributed by atoms with Crippen LogP contribution < -0.4 is 5.32 Å². The smallest absolute Gasteiger partial charge is 0.144 e. The van der Waals surface area contributed by atoms with Gasteiger partial charge in [0.25, 0.3) is 0 Å². The Balaban J connectivity index is 2.10. The van der Waals surface area contributed by atoms with Crippen LogP contribution in [0, 0.1) is 6.92 Å². The van der Waals surface area contributed by atoms with Gasteiger partial charge in [-0.25, -0.2) is 9.97 Å². The van der Waals surface area contributed by atoms with E-state index in [0.29, 0.717) is 6.04 Å². The predicted molar refractivity (Wildman–Crippen MR) is 80.5 cm³/mol. The molecule has 102 valence electrons. The quantitative estimate of drug-likeness (QED) is 0.911. The predicted octanol–water partition coefficient (Wildman–Crippen LogP) is 3.08. The van der Waals surface area contributed by atoms with Crippen molar-refractivity contribution in [2.75, 3.05) is 19.4 Å². The summed E-state index contributed by atoms with van der Waals surface area (Å²) in [6, 6.07) is 6.59. The second-order valence-corrected chi connectivity index (χ2v) is 5.65. The summed E-state index contributed by atoms with van der Waals surface area (Å²) in [5.41, 5.74) is 0.992. The zero-order valence-corrected chi connectivity index (χ0v) is 12.7. The molecule has 0 saturated heterocycles. The molecule has 0 aliphatic carbocycles. The van der Waals surface area contributed by atoms with Crippen LogP contribution in [0.3, 0.4) is 0 Å². The van der Waals surface area contributed by atoms with Gasteiger partial charge >= 0.3 is 0 Å². The topological polar surface area (TPSA) is 41.1 Å². The van der Waals surface area contributed by atoms with Crippen molar-refractivity contribution in [3.05, 3.63) is 40.0 Å². The summed E-state index contributed by atoms with van der Waals surface area (Å²) < 4.78 is 0. The third-order valence-electron chi connectivity index (χ3n) is 3.16. The Morgan fingerprint density at radius 1 is 1.42 bits per heavy atom. The van der Waals surface area contributed by atoms with Crippen molar-refractivity contribution in [2.24, 2.45) is 0 Å². The highest BCUT2D eigenvalue weighted by molar-refractivity contribution is 7.10. The summed E-state index contributed by atoms with van der Waals surface area (Å²) in [6.07, 6.45) is 0. The number of nitrogens with zero attached hydrogens (tertiary/aromatic N) is 3. The van der Waals surface area contributed by atoms with Crippen molar-refractivity contribution in [2.45, 2.75) is 26.4 Å². The van der Waals surface area contributed by atoms with Gasteiger partial charge in [0.1, 0.15) is 11.6 Å². The highest BCUT2D eigenvalue weighted by Gasteiger charge is 2.14. The van der Waals surface area contributed by atoms with Gasteiger partial charge in [-0.15, -0.1) is 11.3 Å². The van der Waals surface area contributed by atoms with E-state index in [9.17, 15) is 0 Å². The number of rotatable bonds is 5. The maximum Gasteiger partial charge on any atom is 0.144 e. The molecule has 2 rings (SSSR count). The zero-order valence-electron chi connectivity index (χ0n) is 11.8. The van der Waals surface area contributed by atoms with Crippen molar-refractivity contribution in [1.29, 1.82) is 0 Å². The fourth-order valence-electron chi connectivity index (χ4n) is 1.94. The van der Waals surface area contributed by atoms with Gasteiger partial charge in [-0.1, -0.05) is 6.07 Å². The monoisotopic (exact) mass is 276 g/mol. The standard InChI is InChI=1S/C14H20N4S/c1-10-8-13(15-3)17-14(16-10)9-18(4)11(2)12-6-5-7-19-12/h5-8,11H,9H2,1-4H3,(H,15,16,17). The molecule has 2 aromatic rings. The number of hydrogen-bond donors (Lipinski definition) is 1. The largest absolute Gasteiger partial charge is 0.373 e. The van der Waals surface area contributed by atoms with Crippen LogP contribution in [0.25, 0.3) is 0 Å². The summed E-state index contributed by atoms with van der Waals surface area (Å²) in [7, 11) is 3.98. The maximum atomic E-state index is 4.50. The Morgan fingerprint density at radius 3 is 2.84 bits per heavy atom. The van der Waals surface area contributed by atoms with Crippen molar-refractivity contribution in [3.63, 3.8) is 0 Å². The van der Waals surface area contributed by atoms with Crippen LogP contribution in [-0.2, 0) is 6.54 Å². The summed E-state index contributed by atoms with van der Waals surface area (Å²) in [6.45, 7) is 4.95. The molecule has 1 N–H and O–H groups in total. The van der Waals surface area contributed by atoms with Crippen LogP contribution in [0.5, 0.6) is 0 Å². The molecule has 0 fully saturated rings. The number of hydrogen-bond acceptors (Lipinski definition) is 5. The minimum absolute atomic E-state index is 0.377. The van der Waals surface area contributed by atoms with Gasteiger partial charge in [-0.3, -0.25) is 4.90 Å². The minimum atomic E-state index is 0.377. The molecule has 0 saturated carbocycles. The van der Waals surface area contributed by atoms with Crippen molar-refractivity contribution in [1.82, 2.24) is 14.9 Å². The number of aryl methyl sites for hydroxylation is 1. The summed E-state index contributed by atoms with van der Waals surface area (Å²) >= 11 is 1.79. The maximum absolute atomic E-state index is 4.50. The Hall–Kier alpha value is -1.46. The van der Waals surface area contributed by atoms with Crippen LogP contribution in [0.2, 0.25) is 0 Å². The third kappa shape index (κ3) is 3.52. The van der Waals surface area contributed by atoms with Gasteiger partial charge in [-0.2, -0.15) is 0 Å². The molecule has 0 radical (unpaired) electrons. The van der Waals surface area contributed by atoms with Crippen LogP contribution in [0.4, 0.5) is 5.82 Å². The molecule has 0 amide bonds. The summed E-state index contributed by atoms with van der Waals surface area (Å²) in [5.74, 6) is 1.73. The van der Waals surface area contributed by atoms with E-state index in [1.165, 1.54) is 4.88 Å². The Bertz CT molecular complexity index is 524. The molecule has 0 bridgehead atoms. The normalized spacial score (nSPS) is 12.7. The van der Waals surface area contributed by atoms with Gasteiger partial charge in [0.2, 0.25) is 0 Å². The molecular weight excluding hydrogens is 256 g/mol. The van der Waals surface area contributed by atoms with E-state index >= 15 is 0 Å². The average molecular weight is 276 g/mol. The molecular formula is C14H20N4S. The molecule has 4 nitrogen and oxygen atoms in total. The average Bonchev–Trinajstić information content (AvgIpc) is 2.90. The molecule has 5 heteroatoms. The van der Waals surface area contributed by atoms with Gasteiger partial charge in [0.15, 0.2) is 0 Å². The van der Waals surface area contributed by atoms with Gasteiger partial charge in [0, 0.05) is 29.7 Å².